The smallest absolute Gasteiger partial charge is 0.193 e. The van der Waals surface area contributed by atoms with Gasteiger partial charge in [0.2, 0.25) is 0 Å². The molecule has 4 aliphatic rings. The standard InChI is InChI=1S/C22H41N5O2.HI/c1-23-21(26-14-16-29-20(17-26)19-7-6-15-28-19)24-18-22(8-12-25(2)13-9-22)27-10-4-3-5-11-27;/h19-20H,3-18H2,1-2H3,(H,23,24);1H. The third-order valence-electron chi connectivity index (χ3n) is 7.50. The number of morpholine rings is 1. The number of guanidine groups is 1. The maximum atomic E-state index is 6.04. The van der Waals surface area contributed by atoms with Crippen molar-refractivity contribution >= 4 is 29.9 Å². The second-order valence-electron chi connectivity index (χ2n) is 9.38. The minimum Gasteiger partial charge on any atom is -0.375 e. The topological polar surface area (TPSA) is 52.6 Å². The van der Waals surface area contributed by atoms with Gasteiger partial charge in [0.15, 0.2) is 5.96 Å². The Bertz CT molecular complexity index is 544. The van der Waals surface area contributed by atoms with Crippen LogP contribution in [-0.2, 0) is 9.47 Å². The third kappa shape index (κ3) is 5.79. The van der Waals surface area contributed by atoms with Gasteiger partial charge in [0.1, 0.15) is 6.10 Å². The van der Waals surface area contributed by atoms with Gasteiger partial charge in [-0.3, -0.25) is 9.89 Å². The first-order chi connectivity index (χ1) is 14.2. The lowest BCUT2D eigenvalue weighted by Crippen LogP contribution is -2.63. The van der Waals surface area contributed by atoms with Gasteiger partial charge in [0.25, 0.3) is 0 Å². The minimum absolute atomic E-state index is 0. The van der Waals surface area contributed by atoms with Crippen molar-refractivity contribution in [2.75, 3.05) is 73.1 Å². The number of piperidine rings is 2. The van der Waals surface area contributed by atoms with Crippen LogP contribution in [0.3, 0.4) is 0 Å². The van der Waals surface area contributed by atoms with Crippen LogP contribution in [0.2, 0.25) is 0 Å². The molecule has 0 spiro atoms. The summed E-state index contributed by atoms with van der Waals surface area (Å²) in [5.74, 6) is 1.03. The minimum atomic E-state index is 0. The molecule has 4 aliphatic heterocycles. The molecule has 0 aliphatic carbocycles. The molecule has 0 bridgehead atoms. The van der Waals surface area contributed by atoms with Gasteiger partial charge in [-0.15, -0.1) is 24.0 Å². The maximum absolute atomic E-state index is 6.04. The van der Waals surface area contributed by atoms with E-state index >= 15 is 0 Å². The fraction of sp³-hybridized carbons (Fsp3) is 0.955. The summed E-state index contributed by atoms with van der Waals surface area (Å²) >= 11 is 0. The number of halogens is 1. The summed E-state index contributed by atoms with van der Waals surface area (Å²) in [6.45, 7) is 9.30. The van der Waals surface area contributed by atoms with Crippen molar-refractivity contribution in [3.63, 3.8) is 0 Å². The van der Waals surface area contributed by atoms with Gasteiger partial charge in [-0.2, -0.15) is 0 Å². The van der Waals surface area contributed by atoms with Crippen LogP contribution in [0.1, 0.15) is 44.9 Å². The summed E-state index contributed by atoms with van der Waals surface area (Å²) in [5.41, 5.74) is 0.267. The van der Waals surface area contributed by atoms with Gasteiger partial charge in [-0.25, -0.2) is 0 Å². The molecule has 0 saturated carbocycles. The molecule has 0 radical (unpaired) electrons. The molecule has 0 amide bonds. The molecule has 2 unspecified atom stereocenters. The van der Waals surface area contributed by atoms with Crippen molar-refractivity contribution in [3.8, 4) is 0 Å². The summed E-state index contributed by atoms with van der Waals surface area (Å²) in [4.78, 5) is 12.3. The molecule has 4 rings (SSSR count). The highest BCUT2D eigenvalue weighted by molar-refractivity contribution is 14.0. The highest BCUT2D eigenvalue weighted by Crippen LogP contribution is 2.31. The van der Waals surface area contributed by atoms with E-state index in [-0.39, 0.29) is 41.7 Å². The Labute approximate surface area is 199 Å². The first-order valence-corrected chi connectivity index (χ1v) is 11.8. The normalized spacial score (nSPS) is 31.4. The second kappa shape index (κ2) is 11.6. The molecule has 174 valence electrons. The zero-order chi connectivity index (χ0) is 20.1. The van der Waals surface area contributed by atoms with Crippen LogP contribution in [0, 0.1) is 0 Å². The third-order valence-corrected chi connectivity index (χ3v) is 7.50. The average molecular weight is 536 g/mol. The lowest BCUT2D eigenvalue weighted by Gasteiger charge is -2.50. The van der Waals surface area contributed by atoms with Crippen LogP contribution in [0.4, 0.5) is 0 Å². The molecular weight excluding hydrogens is 493 g/mol. The molecule has 4 saturated heterocycles. The van der Waals surface area contributed by atoms with Crippen LogP contribution >= 0.6 is 24.0 Å². The summed E-state index contributed by atoms with van der Waals surface area (Å²) in [6, 6.07) is 0. The van der Waals surface area contributed by atoms with E-state index in [1.54, 1.807) is 0 Å². The maximum Gasteiger partial charge on any atom is 0.193 e. The van der Waals surface area contributed by atoms with E-state index in [0.29, 0.717) is 0 Å². The number of hydrogen-bond acceptors (Lipinski definition) is 5. The van der Waals surface area contributed by atoms with E-state index in [4.69, 9.17) is 9.47 Å². The first kappa shape index (κ1) is 24.5. The second-order valence-corrected chi connectivity index (χ2v) is 9.38. The molecule has 4 fully saturated rings. The predicted octanol–water partition coefficient (Wildman–Crippen LogP) is 2.01. The van der Waals surface area contributed by atoms with Gasteiger partial charge in [-0.05, 0) is 71.8 Å². The summed E-state index contributed by atoms with van der Waals surface area (Å²) in [6.07, 6.45) is 9.27. The molecule has 30 heavy (non-hydrogen) atoms. The summed E-state index contributed by atoms with van der Waals surface area (Å²) in [5, 5.41) is 3.79. The van der Waals surface area contributed by atoms with Gasteiger partial charge >= 0.3 is 0 Å². The fourth-order valence-electron chi connectivity index (χ4n) is 5.57. The van der Waals surface area contributed by atoms with E-state index in [1.807, 2.05) is 7.05 Å². The number of aliphatic imine (C=N–C) groups is 1. The molecule has 0 aromatic rings. The molecular formula is C22H42IN5O2. The van der Waals surface area contributed by atoms with Gasteiger partial charge in [-0.1, -0.05) is 6.42 Å². The van der Waals surface area contributed by atoms with Crippen molar-refractivity contribution in [2.24, 2.45) is 4.99 Å². The molecule has 1 N–H and O–H groups in total. The van der Waals surface area contributed by atoms with Crippen LogP contribution in [-0.4, -0.2) is 112 Å². The predicted molar refractivity (Wildman–Crippen MR) is 132 cm³/mol. The summed E-state index contributed by atoms with van der Waals surface area (Å²) < 4.78 is 11.9. The highest BCUT2D eigenvalue weighted by Gasteiger charge is 2.40. The van der Waals surface area contributed by atoms with Gasteiger partial charge in [0, 0.05) is 38.8 Å². The van der Waals surface area contributed by atoms with E-state index in [2.05, 4.69) is 32.1 Å². The Morgan fingerprint density at radius 1 is 0.967 bits per heavy atom. The van der Waals surface area contributed by atoms with Crippen molar-refractivity contribution < 1.29 is 9.47 Å². The van der Waals surface area contributed by atoms with Crippen molar-refractivity contribution in [1.82, 2.24) is 20.0 Å². The Hall–Kier alpha value is -0.160. The van der Waals surface area contributed by atoms with Crippen LogP contribution < -0.4 is 5.32 Å². The summed E-state index contributed by atoms with van der Waals surface area (Å²) in [7, 11) is 4.17. The van der Waals surface area contributed by atoms with E-state index in [9.17, 15) is 0 Å². The molecule has 0 aromatic heterocycles. The van der Waals surface area contributed by atoms with E-state index < -0.39 is 0 Å². The highest BCUT2D eigenvalue weighted by atomic mass is 127. The first-order valence-electron chi connectivity index (χ1n) is 11.8. The number of nitrogens with one attached hydrogen (secondary N) is 1. The Kier molecular flexibility index (Phi) is 9.49. The van der Waals surface area contributed by atoms with Crippen LogP contribution in [0.5, 0.6) is 0 Å². The lowest BCUT2D eigenvalue weighted by atomic mass is 9.84. The van der Waals surface area contributed by atoms with Gasteiger partial charge < -0.3 is 24.6 Å². The SMILES string of the molecule is CN=C(NCC1(N2CCCCC2)CCN(C)CC1)N1CCOC(C2CCCO2)C1.I. The van der Waals surface area contributed by atoms with E-state index in [1.165, 1.54) is 58.3 Å². The fourth-order valence-corrected chi connectivity index (χ4v) is 5.57. The number of ether oxygens (including phenoxy) is 2. The Morgan fingerprint density at radius 2 is 1.70 bits per heavy atom. The number of likely N-dealkylation sites (tertiary alicyclic amines) is 2. The average Bonchev–Trinajstić information content (AvgIpc) is 3.32. The van der Waals surface area contributed by atoms with Gasteiger partial charge in [0.05, 0.1) is 12.7 Å². The quantitative estimate of drug-likeness (QED) is 0.338. The van der Waals surface area contributed by atoms with Crippen LogP contribution in [0.15, 0.2) is 4.99 Å². The number of rotatable bonds is 4. The number of nitrogens with zero attached hydrogens (tertiary/aromatic N) is 4. The molecule has 8 heteroatoms. The van der Waals surface area contributed by atoms with Crippen molar-refractivity contribution in [2.45, 2.75) is 62.7 Å². The molecule has 0 aromatic carbocycles. The van der Waals surface area contributed by atoms with E-state index in [0.717, 1.165) is 51.6 Å². The molecule has 7 nitrogen and oxygen atoms in total. The Morgan fingerprint density at radius 3 is 2.37 bits per heavy atom. The number of hydrogen-bond donors (Lipinski definition) is 1. The van der Waals surface area contributed by atoms with Crippen molar-refractivity contribution in [3.05, 3.63) is 0 Å². The Balaban J connectivity index is 0.00000256. The zero-order valence-electron chi connectivity index (χ0n) is 19.0. The van der Waals surface area contributed by atoms with Crippen LogP contribution in [0.25, 0.3) is 0 Å². The largest absolute Gasteiger partial charge is 0.375 e. The lowest BCUT2D eigenvalue weighted by molar-refractivity contribution is -0.0818. The molecule has 4 heterocycles. The van der Waals surface area contributed by atoms with Crippen molar-refractivity contribution in [1.29, 1.82) is 0 Å². The monoisotopic (exact) mass is 535 g/mol. The molecule has 2 atom stereocenters. The zero-order valence-corrected chi connectivity index (χ0v) is 21.3.